The molecular formula is C22H27Cl2N. The molecule has 0 bridgehead atoms. The molecule has 0 aliphatic heterocycles. The molecule has 0 saturated carbocycles. The predicted octanol–water partition coefficient (Wildman–Crippen LogP) is 6.45. The molecule has 2 atom stereocenters. The summed E-state index contributed by atoms with van der Waals surface area (Å²) in [4.78, 5) is 2.26. The van der Waals surface area contributed by atoms with E-state index in [0.717, 1.165) is 23.0 Å². The molecule has 0 aliphatic carbocycles. The van der Waals surface area contributed by atoms with E-state index in [1.807, 2.05) is 24.3 Å². The van der Waals surface area contributed by atoms with Gasteiger partial charge in [-0.1, -0.05) is 66.0 Å². The SMILES string of the molecule is CC(=Cc1ccc(Cl)cc1)C(Cc1cccc(Cl)c1)C(C)CN(C)C. The molecule has 134 valence electrons. The van der Waals surface area contributed by atoms with E-state index in [1.165, 1.54) is 16.7 Å². The average Bonchev–Trinajstić information content (AvgIpc) is 2.54. The molecule has 0 spiro atoms. The third kappa shape index (κ3) is 6.51. The minimum atomic E-state index is 0.455. The maximum Gasteiger partial charge on any atom is 0.0408 e. The van der Waals surface area contributed by atoms with Gasteiger partial charge < -0.3 is 4.90 Å². The summed E-state index contributed by atoms with van der Waals surface area (Å²) in [6.45, 7) is 5.61. The highest BCUT2D eigenvalue weighted by Gasteiger charge is 2.20. The first-order valence-electron chi connectivity index (χ1n) is 8.68. The number of rotatable bonds is 7. The Morgan fingerprint density at radius 2 is 1.72 bits per heavy atom. The van der Waals surface area contributed by atoms with Gasteiger partial charge in [0.15, 0.2) is 0 Å². The van der Waals surface area contributed by atoms with Gasteiger partial charge in [-0.05, 0) is 74.7 Å². The van der Waals surface area contributed by atoms with E-state index in [4.69, 9.17) is 23.2 Å². The van der Waals surface area contributed by atoms with Gasteiger partial charge in [0.25, 0.3) is 0 Å². The minimum absolute atomic E-state index is 0.455. The van der Waals surface area contributed by atoms with Crippen LogP contribution < -0.4 is 0 Å². The summed E-state index contributed by atoms with van der Waals surface area (Å²) < 4.78 is 0. The lowest BCUT2D eigenvalue weighted by atomic mass is 9.82. The second kappa shape index (κ2) is 9.43. The van der Waals surface area contributed by atoms with Gasteiger partial charge in [-0.3, -0.25) is 0 Å². The third-order valence-electron chi connectivity index (χ3n) is 4.53. The Labute approximate surface area is 162 Å². The predicted molar refractivity (Wildman–Crippen MR) is 111 cm³/mol. The Morgan fingerprint density at radius 1 is 1.04 bits per heavy atom. The van der Waals surface area contributed by atoms with Crippen molar-refractivity contribution < 1.29 is 0 Å². The van der Waals surface area contributed by atoms with Crippen molar-refractivity contribution in [1.29, 1.82) is 0 Å². The summed E-state index contributed by atoms with van der Waals surface area (Å²) in [5.41, 5.74) is 3.86. The highest BCUT2D eigenvalue weighted by molar-refractivity contribution is 6.30. The molecule has 0 N–H and O–H groups in total. The number of halogens is 2. The molecular weight excluding hydrogens is 349 g/mol. The van der Waals surface area contributed by atoms with Crippen LogP contribution in [0.1, 0.15) is 25.0 Å². The molecule has 2 aromatic carbocycles. The van der Waals surface area contributed by atoms with Crippen molar-refractivity contribution >= 4 is 29.3 Å². The standard InChI is InChI=1S/C22H27Cl2N/c1-16(12-18-8-10-20(23)11-9-18)22(17(2)15-25(3)4)14-19-6-5-7-21(24)13-19/h5-13,17,22H,14-15H2,1-4H3. The van der Waals surface area contributed by atoms with Crippen LogP contribution in [0, 0.1) is 11.8 Å². The topological polar surface area (TPSA) is 3.24 Å². The lowest BCUT2D eigenvalue weighted by Crippen LogP contribution is -2.27. The van der Waals surface area contributed by atoms with E-state index < -0.39 is 0 Å². The lowest BCUT2D eigenvalue weighted by Gasteiger charge is -2.28. The average molecular weight is 376 g/mol. The Morgan fingerprint density at radius 3 is 2.32 bits per heavy atom. The van der Waals surface area contributed by atoms with Crippen LogP contribution in [0.25, 0.3) is 6.08 Å². The van der Waals surface area contributed by atoms with Crippen LogP contribution in [0.5, 0.6) is 0 Å². The van der Waals surface area contributed by atoms with Gasteiger partial charge in [-0.2, -0.15) is 0 Å². The Balaban J connectivity index is 2.27. The molecule has 25 heavy (non-hydrogen) atoms. The number of hydrogen-bond donors (Lipinski definition) is 0. The molecule has 0 fully saturated rings. The monoisotopic (exact) mass is 375 g/mol. The van der Waals surface area contributed by atoms with Crippen LogP contribution in [0.4, 0.5) is 0 Å². The molecule has 0 aromatic heterocycles. The van der Waals surface area contributed by atoms with Gasteiger partial charge in [0.05, 0.1) is 0 Å². The Bertz CT molecular complexity index is 704. The van der Waals surface area contributed by atoms with Crippen molar-refractivity contribution in [3.05, 3.63) is 75.3 Å². The lowest BCUT2D eigenvalue weighted by molar-refractivity contribution is 0.284. The Kier molecular flexibility index (Phi) is 7.56. The fourth-order valence-corrected chi connectivity index (χ4v) is 3.70. The molecule has 2 aromatic rings. The maximum atomic E-state index is 6.18. The van der Waals surface area contributed by atoms with E-state index in [-0.39, 0.29) is 0 Å². The summed E-state index contributed by atoms with van der Waals surface area (Å²) in [5.74, 6) is 0.995. The quantitative estimate of drug-likeness (QED) is 0.536. The smallest absolute Gasteiger partial charge is 0.0408 e. The molecule has 2 unspecified atom stereocenters. The zero-order valence-corrected chi connectivity index (χ0v) is 17.0. The van der Waals surface area contributed by atoms with E-state index in [1.54, 1.807) is 0 Å². The van der Waals surface area contributed by atoms with Gasteiger partial charge in [0.1, 0.15) is 0 Å². The van der Waals surface area contributed by atoms with E-state index in [0.29, 0.717) is 11.8 Å². The number of benzene rings is 2. The first-order chi connectivity index (χ1) is 11.8. The first-order valence-corrected chi connectivity index (χ1v) is 9.43. The van der Waals surface area contributed by atoms with Gasteiger partial charge >= 0.3 is 0 Å². The van der Waals surface area contributed by atoms with Crippen LogP contribution in [0.2, 0.25) is 10.0 Å². The van der Waals surface area contributed by atoms with Crippen molar-refractivity contribution in [2.24, 2.45) is 11.8 Å². The maximum absolute atomic E-state index is 6.18. The molecule has 0 saturated heterocycles. The van der Waals surface area contributed by atoms with Crippen LogP contribution in [0.15, 0.2) is 54.1 Å². The van der Waals surface area contributed by atoms with E-state index in [9.17, 15) is 0 Å². The first kappa shape index (κ1) is 20.0. The van der Waals surface area contributed by atoms with E-state index in [2.05, 4.69) is 63.2 Å². The van der Waals surface area contributed by atoms with Gasteiger partial charge in [-0.15, -0.1) is 0 Å². The van der Waals surface area contributed by atoms with Crippen molar-refractivity contribution in [2.45, 2.75) is 20.3 Å². The highest BCUT2D eigenvalue weighted by Crippen LogP contribution is 2.28. The van der Waals surface area contributed by atoms with Crippen LogP contribution in [0.3, 0.4) is 0 Å². The molecule has 0 amide bonds. The van der Waals surface area contributed by atoms with Crippen molar-refractivity contribution in [3.8, 4) is 0 Å². The normalized spacial score (nSPS) is 14.6. The fourth-order valence-electron chi connectivity index (χ4n) is 3.36. The minimum Gasteiger partial charge on any atom is -0.309 e. The summed E-state index contributed by atoms with van der Waals surface area (Å²) in [5, 5.41) is 1.57. The largest absolute Gasteiger partial charge is 0.309 e. The van der Waals surface area contributed by atoms with Gasteiger partial charge in [0.2, 0.25) is 0 Å². The van der Waals surface area contributed by atoms with Crippen LogP contribution in [-0.4, -0.2) is 25.5 Å². The number of nitrogens with zero attached hydrogens (tertiary/aromatic N) is 1. The molecule has 0 aliphatic rings. The van der Waals surface area contributed by atoms with E-state index >= 15 is 0 Å². The van der Waals surface area contributed by atoms with Crippen molar-refractivity contribution in [2.75, 3.05) is 20.6 Å². The fraction of sp³-hybridized carbons (Fsp3) is 0.364. The summed E-state index contributed by atoms with van der Waals surface area (Å²) >= 11 is 12.2. The summed E-state index contributed by atoms with van der Waals surface area (Å²) in [6, 6.07) is 16.2. The molecule has 0 radical (unpaired) electrons. The van der Waals surface area contributed by atoms with Crippen LogP contribution >= 0.6 is 23.2 Å². The highest BCUT2D eigenvalue weighted by atomic mass is 35.5. The second-order valence-corrected chi connectivity index (χ2v) is 7.99. The van der Waals surface area contributed by atoms with Crippen molar-refractivity contribution in [3.63, 3.8) is 0 Å². The molecule has 3 heteroatoms. The summed E-state index contributed by atoms with van der Waals surface area (Å²) in [7, 11) is 4.26. The number of hydrogen-bond acceptors (Lipinski definition) is 1. The number of allylic oxidation sites excluding steroid dienone is 1. The molecule has 1 nitrogen and oxygen atoms in total. The third-order valence-corrected chi connectivity index (χ3v) is 5.02. The van der Waals surface area contributed by atoms with Gasteiger partial charge in [-0.25, -0.2) is 0 Å². The Hall–Kier alpha value is -1.28. The second-order valence-electron chi connectivity index (χ2n) is 7.12. The van der Waals surface area contributed by atoms with Crippen LogP contribution in [-0.2, 0) is 6.42 Å². The zero-order valence-electron chi connectivity index (χ0n) is 15.5. The summed E-state index contributed by atoms with van der Waals surface area (Å²) in [6.07, 6.45) is 3.27. The zero-order chi connectivity index (χ0) is 18.4. The van der Waals surface area contributed by atoms with Crippen molar-refractivity contribution in [1.82, 2.24) is 4.90 Å². The molecule has 0 heterocycles. The molecule has 2 rings (SSSR count). The van der Waals surface area contributed by atoms with Gasteiger partial charge in [0, 0.05) is 16.6 Å².